The van der Waals surface area contributed by atoms with Gasteiger partial charge in [-0.15, -0.1) is 9.36 Å². The normalized spacial score (nSPS) is 11.8. The number of nitrogens with zero attached hydrogens (tertiary/aromatic N) is 3. The number of aryl methyl sites for hydroxylation is 2. The first-order valence-corrected chi connectivity index (χ1v) is 7.97. The van der Waals surface area contributed by atoms with Crippen molar-refractivity contribution in [2.75, 3.05) is 0 Å². The highest BCUT2D eigenvalue weighted by Gasteiger charge is 2.20. The third-order valence-electron chi connectivity index (χ3n) is 4.66. The second-order valence-electron chi connectivity index (χ2n) is 6.14. The second-order valence-corrected chi connectivity index (χ2v) is 6.14. The van der Waals surface area contributed by atoms with Crippen LogP contribution in [-0.4, -0.2) is 9.67 Å². The summed E-state index contributed by atoms with van der Waals surface area (Å²) in [5, 5.41) is 4.48. The highest BCUT2D eigenvalue weighted by molar-refractivity contribution is 6.18. The van der Waals surface area contributed by atoms with Gasteiger partial charge in [-0.2, -0.15) is 0 Å². The van der Waals surface area contributed by atoms with Gasteiger partial charge in [0.05, 0.1) is 11.6 Å². The van der Waals surface area contributed by atoms with Crippen LogP contribution in [0.4, 0.5) is 0 Å². The molecule has 0 spiro atoms. The van der Waals surface area contributed by atoms with Gasteiger partial charge in [0, 0.05) is 23.0 Å². The SMILES string of the molecule is Cc1ccc2c(oc3ncc4ccccc4c32)c1-n1ccc[n+]1C. The number of rotatable bonds is 1. The largest absolute Gasteiger partial charge is 0.435 e. The monoisotopic (exact) mass is 314 g/mol. The second kappa shape index (κ2) is 4.68. The van der Waals surface area contributed by atoms with Crippen molar-refractivity contribution in [1.29, 1.82) is 0 Å². The van der Waals surface area contributed by atoms with Gasteiger partial charge in [0.1, 0.15) is 0 Å². The van der Waals surface area contributed by atoms with Crippen LogP contribution in [0, 0.1) is 6.92 Å². The zero-order valence-electron chi connectivity index (χ0n) is 13.5. The maximum atomic E-state index is 6.21. The summed E-state index contributed by atoms with van der Waals surface area (Å²) in [6.07, 6.45) is 5.94. The molecule has 0 atom stereocenters. The van der Waals surface area contributed by atoms with E-state index in [0.29, 0.717) is 5.71 Å². The van der Waals surface area contributed by atoms with E-state index >= 15 is 0 Å². The van der Waals surface area contributed by atoms with Gasteiger partial charge in [0.25, 0.3) is 0 Å². The maximum absolute atomic E-state index is 6.21. The molecule has 4 nitrogen and oxygen atoms in total. The highest BCUT2D eigenvalue weighted by Crippen LogP contribution is 2.36. The van der Waals surface area contributed by atoms with Crippen LogP contribution in [-0.2, 0) is 7.05 Å². The van der Waals surface area contributed by atoms with Crippen LogP contribution in [0.2, 0.25) is 0 Å². The van der Waals surface area contributed by atoms with Crippen molar-refractivity contribution < 1.29 is 9.10 Å². The lowest BCUT2D eigenvalue weighted by molar-refractivity contribution is -0.744. The minimum atomic E-state index is 0.686. The summed E-state index contributed by atoms with van der Waals surface area (Å²) < 4.78 is 10.3. The third kappa shape index (κ3) is 1.68. The van der Waals surface area contributed by atoms with Gasteiger partial charge in [0.15, 0.2) is 24.5 Å². The zero-order valence-corrected chi connectivity index (χ0v) is 13.5. The zero-order chi connectivity index (χ0) is 16.3. The topological polar surface area (TPSA) is 34.8 Å². The van der Waals surface area contributed by atoms with Crippen molar-refractivity contribution in [3.05, 3.63) is 66.6 Å². The minimum absolute atomic E-state index is 0.686. The Bertz CT molecular complexity index is 1230. The predicted molar refractivity (Wildman–Crippen MR) is 94.3 cm³/mol. The van der Waals surface area contributed by atoms with Gasteiger partial charge in [0.2, 0.25) is 5.71 Å². The summed E-state index contributed by atoms with van der Waals surface area (Å²) in [5.41, 5.74) is 3.78. The summed E-state index contributed by atoms with van der Waals surface area (Å²) in [5.74, 6) is 0. The molecule has 5 rings (SSSR count). The molecule has 0 bridgehead atoms. The highest BCUT2D eigenvalue weighted by atomic mass is 16.3. The number of pyridine rings is 1. The Hall–Kier alpha value is -3.14. The molecule has 3 heterocycles. The van der Waals surface area contributed by atoms with E-state index in [4.69, 9.17) is 4.42 Å². The third-order valence-corrected chi connectivity index (χ3v) is 4.66. The number of fused-ring (bicyclic) bond motifs is 5. The van der Waals surface area contributed by atoms with E-state index in [1.165, 1.54) is 5.39 Å². The molecule has 0 unspecified atom stereocenters. The van der Waals surface area contributed by atoms with Gasteiger partial charge in [-0.3, -0.25) is 0 Å². The Balaban J connectivity index is 2.01. The fraction of sp³-hybridized carbons (Fsp3) is 0.100. The maximum Gasteiger partial charge on any atom is 0.228 e. The molecule has 5 aromatic rings. The molecule has 0 aliphatic rings. The van der Waals surface area contributed by atoms with E-state index in [1.807, 2.05) is 42.5 Å². The minimum Gasteiger partial charge on any atom is -0.435 e. The number of hydrogen-bond acceptors (Lipinski definition) is 2. The standard InChI is InChI=1S/C20H16N3O/c1-13-8-9-16-17-15-7-4-3-6-14(15)12-21-20(17)24-19(16)18(13)23-11-5-10-22(23)2/h3-12H,1-2H3/q+1. The van der Waals surface area contributed by atoms with Crippen molar-refractivity contribution >= 4 is 32.8 Å². The van der Waals surface area contributed by atoms with Crippen LogP contribution in [0.25, 0.3) is 38.5 Å². The fourth-order valence-corrected chi connectivity index (χ4v) is 3.49. The molecule has 4 heteroatoms. The van der Waals surface area contributed by atoms with Crippen LogP contribution >= 0.6 is 0 Å². The molecule has 0 N–H and O–H groups in total. The molecular formula is C20H16N3O+. The fourth-order valence-electron chi connectivity index (χ4n) is 3.49. The molecule has 0 radical (unpaired) electrons. The van der Waals surface area contributed by atoms with Crippen LogP contribution in [0.3, 0.4) is 0 Å². The molecule has 0 aliphatic heterocycles. The molecule has 116 valence electrons. The first-order chi connectivity index (χ1) is 11.7. The lowest BCUT2D eigenvalue weighted by Gasteiger charge is -2.05. The van der Waals surface area contributed by atoms with Crippen LogP contribution in [0.5, 0.6) is 0 Å². The number of aromatic nitrogens is 3. The molecule has 0 saturated heterocycles. The van der Waals surface area contributed by atoms with Gasteiger partial charge >= 0.3 is 0 Å². The Morgan fingerprint density at radius 1 is 1.04 bits per heavy atom. The van der Waals surface area contributed by atoms with Gasteiger partial charge in [-0.05, 0) is 23.9 Å². The molecule has 2 aromatic carbocycles. The van der Waals surface area contributed by atoms with Gasteiger partial charge in [-0.25, -0.2) is 4.98 Å². The van der Waals surface area contributed by atoms with E-state index in [0.717, 1.165) is 33.0 Å². The predicted octanol–water partition coefficient (Wildman–Crippen LogP) is 4.06. The van der Waals surface area contributed by atoms with Crippen molar-refractivity contribution in [3.8, 4) is 5.69 Å². The van der Waals surface area contributed by atoms with Gasteiger partial charge in [-0.1, -0.05) is 30.3 Å². The summed E-state index contributed by atoms with van der Waals surface area (Å²) in [4.78, 5) is 4.54. The van der Waals surface area contributed by atoms with E-state index in [9.17, 15) is 0 Å². The molecule has 0 saturated carbocycles. The number of hydrogen-bond donors (Lipinski definition) is 0. The smallest absolute Gasteiger partial charge is 0.228 e. The Morgan fingerprint density at radius 3 is 2.75 bits per heavy atom. The Kier molecular flexibility index (Phi) is 2.59. The lowest BCUT2D eigenvalue weighted by atomic mass is 10.0. The molecule has 24 heavy (non-hydrogen) atoms. The molecule has 0 aliphatic carbocycles. The first-order valence-electron chi connectivity index (χ1n) is 7.97. The van der Waals surface area contributed by atoms with E-state index in [2.05, 4.69) is 46.9 Å². The molecule has 0 amide bonds. The summed E-state index contributed by atoms with van der Waals surface area (Å²) >= 11 is 0. The Labute approximate surface area is 138 Å². The first kappa shape index (κ1) is 13.3. The molecule has 0 fully saturated rings. The summed E-state index contributed by atoms with van der Waals surface area (Å²) in [6, 6.07) is 14.6. The summed E-state index contributed by atoms with van der Waals surface area (Å²) in [6.45, 7) is 2.10. The van der Waals surface area contributed by atoms with Crippen molar-refractivity contribution in [3.63, 3.8) is 0 Å². The van der Waals surface area contributed by atoms with Gasteiger partial charge < -0.3 is 4.42 Å². The average molecular weight is 314 g/mol. The summed E-state index contributed by atoms with van der Waals surface area (Å²) in [7, 11) is 2.02. The molecule has 3 aromatic heterocycles. The molecular weight excluding hydrogens is 298 g/mol. The Morgan fingerprint density at radius 2 is 1.92 bits per heavy atom. The average Bonchev–Trinajstić information content (AvgIpc) is 3.18. The quantitative estimate of drug-likeness (QED) is 0.437. The van der Waals surface area contributed by atoms with E-state index in [-0.39, 0.29) is 0 Å². The van der Waals surface area contributed by atoms with Crippen LogP contribution in [0.1, 0.15) is 5.56 Å². The van der Waals surface area contributed by atoms with Crippen molar-refractivity contribution in [1.82, 2.24) is 9.67 Å². The van der Waals surface area contributed by atoms with Crippen LogP contribution < -0.4 is 4.68 Å². The van der Waals surface area contributed by atoms with Crippen molar-refractivity contribution in [2.24, 2.45) is 7.05 Å². The lowest BCUT2D eigenvalue weighted by Crippen LogP contribution is -2.37. The van der Waals surface area contributed by atoms with Crippen molar-refractivity contribution in [2.45, 2.75) is 6.92 Å². The van der Waals surface area contributed by atoms with E-state index < -0.39 is 0 Å². The number of furan rings is 1. The number of benzene rings is 2. The van der Waals surface area contributed by atoms with E-state index in [1.54, 1.807) is 0 Å². The van der Waals surface area contributed by atoms with Crippen LogP contribution in [0.15, 0.2) is 65.5 Å².